The van der Waals surface area contributed by atoms with Gasteiger partial charge in [-0.3, -0.25) is 14.9 Å². The number of aromatic nitrogens is 4. The SMILES string of the molecule is COC[C@@H]1CCCN1c1nc(NC(=O)c2ccc([N+](=O)[O-])s2)c2cnn(-c3ccc(F)cc3)c2n1. The standard InChI is InChI=1S/C22H20FN7O4S/c1-34-12-15-3-2-10-28(15)22-26-19(25-21(31)17-8-9-18(35-17)30(32)33)16-11-24-29(20(16)27-22)14-6-4-13(23)5-7-14/h4-9,11,15H,2-3,10,12H2,1H3,(H,25,26,27,31)/t15-/m0/s1. The van der Waals surface area contributed by atoms with E-state index in [1.807, 2.05) is 4.90 Å². The van der Waals surface area contributed by atoms with Gasteiger partial charge in [0.15, 0.2) is 5.65 Å². The molecule has 11 nitrogen and oxygen atoms in total. The molecule has 1 fully saturated rings. The summed E-state index contributed by atoms with van der Waals surface area (Å²) >= 11 is 0.776. The summed E-state index contributed by atoms with van der Waals surface area (Å²) in [6.45, 7) is 1.22. The molecule has 1 atom stereocenters. The molecular formula is C22H20FN7O4S. The van der Waals surface area contributed by atoms with Gasteiger partial charge in [-0.25, -0.2) is 9.07 Å². The number of rotatable bonds is 7. The topological polar surface area (TPSA) is 128 Å². The molecule has 4 heterocycles. The average Bonchev–Trinajstić information content (AvgIpc) is 3.59. The quantitative estimate of drug-likeness (QED) is 0.302. The number of carbonyl (C=O) groups is 1. The van der Waals surface area contributed by atoms with Crippen molar-refractivity contribution < 1.29 is 18.8 Å². The van der Waals surface area contributed by atoms with E-state index in [0.29, 0.717) is 35.8 Å². The van der Waals surface area contributed by atoms with Gasteiger partial charge in [0.05, 0.1) is 39.7 Å². The summed E-state index contributed by atoms with van der Waals surface area (Å²) in [6, 6.07) is 8.56. The lowest BCUT2D eigenvalue weighted by Crippen LogP contribution is -2.34. The van der Waals surface area contributed by atoms with E-state index in [2.05, 4.69) is 15.4 Å². The molecule has 1 amide bonds. The molecule has 0 unspecified atom stereocenters. The Morgan fingerprint density at radius 3 is 2.80 bits per heavy atom. The smallest absolute Gasteiger partial charge is 0.324 e. The third-order valence-electron chi connectivity index (χ3n) is 5.71. The van der Waals surface area contributed by atoms with E-state index in [4.69, 9.17) is 9.72 Å². The van der Waals surface area contributed by atoms with Crippen molar-refractivity contribution in [2.75, 3.05) is 30.5 Å². The zero-order valence-electron chi connectivity index (χ0n) is 18.5. The maximum Gasteiger partial charge on any atom is 0.324 e. The number of ether oxygens (including phenoxy) is 1. The minimum absolute atomic E-state index is 0.0724. The number of methoxy groups -OCH3 is 1. The molecule has 0 spiro atoms. The van der Waals surface area contributed by atoms with E-state index < -0.39 is 10.8 Å². The number of hydrogen-bond donors (Lipinski definition) is 1. The summed E-state index contributed by atoms with van der Waals surface area (Å²) in [7, 11) is 1.63. The molecule has 180 valence electrons. The number of thiophene rings is 1. The fraction of sp³-hybridized carbons (Fsp3) is 0.273. The molecule has 1 aromatic carbocycles. The van der Waals surface area contributed by atoms with E-state index in [9.17, 15) is 19.3 Å². The van der Waals surface area contributed by atoms with Crippen LogP contribution in [0, 0.1) is 15.9 Å². The second-order valence-electron chi connectivity index (χ2n) is 7.94. The van der Waals surface area contributed by atoms with Gasteiger partial charge in [0, 0.05) is 19.7 Å². The Labute approximate surface area is 202 Å². The van der Waals surface area contributed by atoms with Crippen LogP contribution in [0.1, 0.15) is 22.5 Å². The van der Waals surface area contributed by atoms with Crippen LogP contribution in [0.4, 0.5) is 21.2 Å². The first-order valence-corrected chi connectivity index (χ1v) is 11.6. The third kappa shape index (κ3) is 4.42. The van der Waals surface area contributed by atoms with Gasteiger partial charge >= 0.3 is 5.00 Å². The molecule has 0 bridgehead atoms. The lowest BCUT2D eigenvalue weighted by Gasteiger charge is -2.24. The fourth-order valence-corrected chi connectivity index (χ4v) is 4.79. The number of benzene rings is 1. The van der Waals surface area contributed by atoms with Crippen molar-refractivity contribution in [3.63, 3.8) is 0 Å². The number of anilines is 2. The Hall–Kier alpha value is -3.97. The molecule has 1 aliphatic rings. The van der Waals surface area contributed by atoms with Crippen LogP contribution in [0.5, 0.6) is 0 Å². The lowest BCUT2D eigenvalue weighted by atomic mass is 10.2. The Kier molecular flexibility index (Phi) is 6.09. The number of carbonyl (C=O) groups excluding carboxylic acids is 1. The van der Waals surface area contributed by atoms with Gasteiger partial charge < -0.3 is 15.0 Å². The number of amides is 1. The van der Waals surface area contributed by atoms with Gasteiger partial charge in [-0.1, -0.05) is 11.3 Å². The monoisotopic (exact) mass is 497 g/mol. The molecule has 0 aliphatic carbocycles. The Bertz CT molecular complexity index is 1400. The number of halogens is 1. The van der Waals surface area contributed by atoms with Gasteiger partial charge in [0.1, 0.15) is 11.6 Å². The van der Waals surface area contributed by atoms with Crippen molar-refractivity contribution in [2.45, 2.75) is 18.9 Å². The average molecular weight is 498 g/mol. The summed E-state index contributed by atoms with van der Waals surface area (Å²) in [5.74, 6) is -0.285. The molecule has 13 heteroatoms. The first-order chi connectivity index (χ1) is 16.9. The first-order valence-electron chi connectivity index (χ1n) is 10.8. The highest BCUT2D eigenvalue weighted by Crippen LogP contribution is 2.31. The Morgan fingerprint density at radius 2 is 2.09 bits per heavy atom. The second-order valence-corrected chi connectivity index (χ2v) is 9.00. The fourth-order valence-electron chi connectivity index (χ4n) is 4.07. The minimum atomic E-state index is -0.543. The molecule has 1 N–H and O–H groups in total. The van der Waals surface area contributed by atoms with Crippen molar-refractivity contribution in [1.29, 1.82) is 0 Å². The van der Waals surface area contributed by atoms with E-state index in [-0.39, 0.29) is 27.6 Å². The van der Waals surface area contributed by atoms with Crippen molar-refractivity contribution in [3.8, 4) is 5.69 Å². The predicted molar refractivity (Wildman–Crippen MR) is 128 cm³/mol. The second kappa shape index (κ2) is 9.35. The van der Waals surface area contributed by atoms with Crippen LogP contribution in [-0.4, -0.2) is 56.9 Å². The van der Waals surface area contributed by atoms with Gasteiger partial charge in [0.25, 0.3) is 5.91 Å². The summed E-state index contributed by atoms with van der Waals surface area (Å²) in [4.78, 5) is 35.0. The van der Waals surface area contributed by atoms with Crippen LogP contribution in [0.15, 0.2) is 42.6 Å². The van der Waals surface area contributed by atoms with Crippen molar-refractivity contribution >= 4 is 45.0 Å². The van der Waals surface area contributed by atoms with E-state index >= 15 is 0 Å². The van der Waals surface area contributed by atoms with Crippen LogP contribution in [0.25, 0.3) is 16.7 Å². The number of hydrogen-bond acceptors (Lipinski definition) is 9. The highest BCUT2D eigenvalue weighted by atomic mass is 32.1. The number of fused-ring (bicyclic) bond motifs is 1. The first kappa shape index (κ1) is 22.8. The van der Waals surface area contributed by atoms with Gasteiger partial charge in [-0.05, 0) is 43.2 Å². The zero-order chi connectivity index (χ0) is 24.5. The molecular weight excluding hydrogens is 477 g/mol. The third-order valence-corrected chi connectivity index (χ3v) is 6.74. The maximum atomic E-state index is 13.5. The van der Waals surface area contributed by atoms with E-state index in [1.165, 1.54) is 30.5 Å². The van der Waals surface area contributed by atoms with Crippen LogP contribution in [0.2, 0.25) is 0 Å². The Balaban J connectivity index is 1.59. The highest BCUT2D eigenvalue weighted by Gasteiger charge is 2.29. The molecule has 35 heavy (non-hydrogen) atoms. The van der Waals surface area contributed by atoms with E-state index in [1.54, 1.807) is 23.9 Å². The van der Waals surface area contributed by atoms with Gasteiger partial charge in [-0.2, -0.15) is 15.1 Å². The predicted octanol–water partition coefficient (Wildman–Crippen LogP) is 3.79. The van der Waals surface area contributed by atoms with Crippen molar-refractivity contribution in [1.82, 2.24) is 19.7 Å². The molecule has 4 aromatic rings. The van der Waals surface area contributed by atoms with Crippen molar-refractivity contribution in [3.05, 3.63) is 63.4 Å². The largest absolute Gasteiger partial charge is 0.383 e. The highest BCUT2D eigenvalue weighted by molar-refractivity contribution is 7.17. The molecule has 0 radical (unpaired) electrons. The molecule has 1 saturated heterocycles. The molecule has 3 aromatic heterocycles. The van der Waals surface area contributed by atoms with Gasteiger partial charge in [-0.15, -0.1) is 0 Å². The minimum Gasteiger partial charge on any atom is -0.383 e. The molecule has 1 aliphatic heterocycles. The molecule has 0 saturated carbocycles. The number of nitro groups is 1. The van der Waals surface area contributed by atoms with Crippen molar-refractivity contribution in [2.24, 2.45) is 0 Å². The van der Waals surface area contributed by atoms with E-state index in [0.717, 1.165) is 24.2 Å². The zero-order valence-corrected chi connectivity index (χ0v) is 19.4. The lowest BCUT2D eigenvalue weighted by molar-refractivity contribution is -0.380. The number of nitrogens with one attached hydrogen (secondary N) is 1. The Morgan fingerprint density at radius 1 is 1.29 bits per heavy atom. The van der Waals surface area contributed by atoms with Crippen LogP contribution in [-0.2, 0) is 4.74 Å². The number of nitrogens with zero attached hydrogens (tertiary/aromatic N) is 6. The van der Waals surface area contributed by atoms with Gasteiger partial charge in [0.2, 0.25) is 5.95 Å². The summed E-state index contributed by atoms with van der Waals surface area (Å²) in [6.07, 6.45) is 3.37. The summed E-state index contributed by atoms with van der Waals surface area (Å²) < 4.78 is 20.4. The van der Waals surface area contributed by atoms with Crippen LogP contribution >= 0.6 is 11.3 Å². The summed E-state index contributed by atoms with van der Waals surface area (Å²) in [5.41, 5.74) is 1.02. The maximum absolute atomic E-state index is 13.5. The molecule has 5 rings (SSSR count). The van der Waals surface area contributed by atoms with Crippen LogP contribution in [0.3, 0.4) is 0 Å². The normalized spacial score (nSPS) is 15.6. The van der Waals surface area contributed by atoms with Crippen LogP contribution < -0.4 is 10.2 Å². The summed E-state index contributed by atoms with van der Waals surface area (Å²) in [5, 5.41) is 18.5.